The van der Waals surface area contributed by atoms with Gasteiger partial charge < -0.3 is 18.5 Å². The number of ether oxygens (including phenoxy) is 2. The molecule has 0 saturated heterocycles. The molecule has 0 aliphatic rings. The van der Waals surface area contributed by atoms with Crippen molar-refractivity contribution in [2.24, 2.45) is 0 Å². The zero-order valence-corrected chi connectivity index (χ0v) is 31.9. The predicted octanol–water partition coefficient (Wildman–Crippen LogP) is 8.26. The lowest BCUT2D eigenvalue weighted by atomic mass is 10.0. The Morgan fingerprint density at radius 3 is 2.42 bits per heavy atom. The summed E-state index contributed by atoms with van der Waals surface area (Å²) in [5, 5.41) is 5.62. The Morgan fingerprint density at radius 2 is 1.75 bits per heavy atom. The minimum absolute atomic E-state index is 0.0879. The van der Waals surface area contributed by atoms with Crippen LogP contribution in [0.4, 0.5) is 4.39 Å². The molecule has 0 fully saturated rings. The smallest absolute Gasteiger partial charge is 0.192 e. The Morgan fingerprint density at radius 1 is 1.02 bits per heavy atom. The number of pyridine rings is 2. The molecule has 0 amide bonds. The molecule has 4 rings (SSSR count). The van der Waals surface area contributed by atoms with Crippen molar-refractivity contribution in [1.82, 2.24) is 24.5 Å². The first-order valence-corrected chi connectivity index (χ1v) is 20.6. The molecule has 0 radical (unpaired) electrons. The summed E-state index contributed by atoms with van der Waals surface area (Å²) in [6, 6.07) is 14.4. The molecule has 1 N–H and O–H groups in total. The maximum absolute atomic E-state index is 15.6. The van der Waals surface area contributed by atoms with E-state index >= 15 is 4.39 Å². The number of benzene rings is 1. The van der Waals surface area contributed by atoms with Crippen molar-refractivity contribution in [2.45, 2.75) is 103 Å². The minimum Gasteiger partial charge on any atom is -0.598 e. The lowest BCUT2D eigenvalue weighted by Gasteiger charge is -2.36. The van der Waals surface area contributed by atoms with Gasteiger partial charge in [0.15, 0.2) is 14.1 Å². The van der Waals surface area contributed by atoms with Crippen LogP contribution >= 0.6 is 0 Å². The van der Waals surface area contributed by atoms with Gasteiger partial charge in [-0.1, -0.05) is 46.2 Å². The molecule has 9 nitrogen and oxygen atoms in total. The highest BCUT2D eigenvalue weighted by Gasteiger charge is 2.37. The van der Waals surface area contributed by atoms with E-state index in [1.165, 1.54) is 0 Å². The van der Waals surface area contributed by atoms with Gasteiger partial charge in [0.2, 0.25) is 0 Å². The van der Waals surface area contributed by atoms with Gasteiger partial charge in [0.05, 0.1) is 47.4 Å². The topological polar surface area (TPSA) is 106 Å². The summed E-state index contributed by atoms with van der Waals surface area (Å²) in [4.78, 5) is 9.84. The van der Waals surface area contributed by atoms with Crippen LogP contribution < -0.4 is 9.46 Å². The summed E-state index contributed by atoms with van der Waals surface area (Å²) in [5.74, 6) is 1.27. The van der Waals surface area contributed by atoms with E-state index in [1.54, 1.807) is 24.1 Å². The van der Waals surface area contributed by atoms with Crippen LogP contribution in [-0.2, 0) is 27.1 Å². The highest BCUT2D eigenvalue weighted by atomic mass is 32.2. The fourth-order valence-corrected chi connectivity index (χ4v) is 6.55. The van der Waals surface area contributed by atoms with Gasteiger partial charge >= 0.3 is 0 Å². The van der Waals surface area contributed by atoms with Gasteiger partial charge in [0.25, 0.3) is 0 Å². The Hall–Kier alpha value is -2.87. The standard InChI is InChI=1S/C36H52FN5O4SSi/c1-11-14-28(37)34(41-47(43)35(2,3)4)30-17-13-16-29(40-30)25-21-31-27(32(22-25)45-20-19-44-8)23-38-42(31)33-18-12-15-26(39-33)24-46-48(9,10)36(5,6)7/h12-13,15-18,21-23,28,34,41H,11,14,19-20,24H2,1-10H3/t28?,34-,47+/m0/s1. The Kier molecular flexibility index (Phi) is 12.5. The summed E-state index contributed by atoms with van der Waals surface area (Å²) in [5.41, 5.74) is 3.47. The van der Waals surface area contributed by atoms with Crippen molar-refractivity contribution in [2.75, 3.05) is 20.3 Å². The minimum atomic E-state index is -1.97. The van der Waals surface area contributed by atoms with Gasteiger partial charge in [-0.05, 0) is 81.7 Å². The van der Waals surface area contributed by atoms with Gasteiger partial charge in [-0.15, -0.1) is 4.72 Å². The first-order valence-electron chi connectivity index (χ1n) is 16.6. The zero-order chi connectivity index (χ0) is 35.3. The molecule has 0 saturated carbocycles. The number of nitrogens with one attached hydrogen (secondary N) is 1. The van der Waals surface area contributed by atoms with Gasteiger partial charge in [-0.3, -0.25) is 4.98 Å². The van der Waals surface area contributed by atoms with Crippen molar-refractivity contribution in [3.63, 3.8) is 0 Å². The summed E-state index contributed by atoms with van der Waals surface area (Å²) in [6.45, 7) is 19.8. The van der Waals surface area contributed by atoms with E-state index in [4.69, 9.17) is 29.0 Å². The third-order valence-corrected chi connectivity index (χ3v) is 14.8. The number of hydrogen-bond donors (Lipinski definition) is 1. The van der Waals surface area contributed by atoms with E-state index in [1.807, 2.05) is 70.2 Å². The normalized spacial score (nSPS) is 14.7. The van der Waals surface area contributed by atoms with Crippen molar-refractivity contribution in [1.29, 1.82) is 0 Å². The van der Waals surface area contributed by atoms with Crippen LogP contribution in [0.2, 0.25) is 18.1 Å². The first-order chi connectivity index (χ1) is 22.6. The maximum atomic E-state index is 15.6. The summed E-state index contributed by atoms with van der Waals surface area (Å²) < 4.78 is 50.8. The van der Waals surface area contributed by atoms with Crippen LogP contribution in [0.1, 0.15) is 78.7 Å². The van der Waals surface area contributed by atoms with E-state index in [-0.39, 0.29) is 5.04 Å². The number of hydrogen-bond acceptors (Lipinski definition) is 8. The van der Waals surface area contributed by atoms with E-state index in [0.29, 0.717) is 55.6 Å². The second-order valence-electron chi connectivity index (χ2n) is 14.6. The number of aromatic nitrogens is 4. The summed E-state index contributed by atoms with van der Waals surface area (Å²) in [7, 11) is -0.339. The zero-order valence-electron chi connectivity index (χ0n) is 30.1. The molecule has 0 bridgehead atoms. The molecule has 0 aliphatic heterocycles. The molecule has 4 aromatic rings. The molecule has 1 unspecified atom stereocenters. The van der Waals surface area contributed by atoms with E-state index in [9.17, 15) is 4.55 Å². The van der Waals surface area contributed by atoms with Crippen molar-refractivity contribution in [3.05, 3.63) is 66.1 Å². The van der Waals surface area contributed by atoms with Crippen LogP contribution in [-0.4, -0.2) is 63.9 Å². The van der Waals surface area contributed by atoms with E-state index < -0.39 is 36.6 Å². The Balaban J connectivity index is 1.77. The average Bonchev–Trinajstić information content (AvgIpc) is 3.46. The maximum Gasteiger partial charge on any atom is 0.192 e. The molecule has 3 aromatic heterocycles. The average molecular weight is 698 g/mol. The Labute approximate surface area is 289 Å². The molecule has 48 heavy (non-hydrogen) atoms. The first kappa shape index (κ1) is 37.9. The molecule has 262 valence electrons. The molecular formula is C36H52FN5O4SSi. The van der Waals surface area contributed by atoms with Crippen molar-refractivity contribution in [3.8, 4) is 22.8 Å². The van der Waals surface area contributed by atoms with Gasteiger partial charge in [-0.25, -0.2) is 14.1 Å². The molecule has 12 heteroatoms. The lowest BCUT2D eigenvalue weighted by molar-refractivity contribution is 0.147. The van der Waals surface area contributed by atoms with Crippen molar-refractivity contribution >= 4 is 30.6 Å². The van der Waals surface area contributed by atoms with Crippen LogP contribution in [0.3, 0.4) is 0 Å². The number of fused-ring (bicyclic) bond motifs is 1. The quantitative estimate of drug-likeness (QED) is 0.0752. The van der Waals surface area contributed by atoms with E-state index in [0.717, 1.165) is 22.2 Å². The molecule has 3 atom stereocenters. The van der Waals surface area contributed by atoms with E-state index in [2.05, 4.69) is 38.6 Å². The van der Waals surface area contributed by atoms with Gasteiger partial charge in [0.1, 0.15) is 29.3 Å². The third-order valence-electron chi connectivity index (χ3n) is 8.69. The highest BCUT2D eigenvalue weighted by molar-refractivity contribution is 7.90. The fourth-order valence-electron chi connectivity index (χ4n) is 4.76. The lowest BCUT2D eigenvalue weighted by Crippen LogP contribution is -2.44. The van der Waals surface area contributed by atoms with Crippen molar-refractivity contribution < 1.29 is 22.8 Å². The predicted molar refractivity (Wildman–Crippen MR) is 195 cm³/mol. The molecule has 0 aliphatic carbocycles. The second-order valence-corrected chi connectivity index (χ2v) is 21.4. The fraction of sp³-hybridized carbons (Fsp3) is 0.528. The van der Waals surface area contributed by atoms with Crippen LogP contribution in [0.5, 0.6) is 5.75 Å². The molecule has 1 aromatic carbocycles. The largest absolute Gasteiger partial charge is 0.598 e. The monoisotopic (exact) mass is 697 g/mol. The van der Waals surface area contributed by atoms with Crippen LogP contribution in [0.25, 0.3) is 28.0 Å². The van der Waals surface area contributed by atoms with Crippen LogP contribution in [0.15, 0.2) is 54.7 Å². The Bertz CT molecular complexity index is 1660. The van der Waals surface area contributed by atoms with Gasteiger partial charge in [0, 0.05) is 24.0 Å². The highest BCUT2D eigenvalue weighted by Crippen LogP contribution is 2.37. The number of alkyl halides is 1. The number of nitrogens with zero attached hydrogens (tertiary/aromatic N) is 4. The van der Waals surface area contributed by atoms with Gasteiger partial charge in [-0.2, -0.15) is 5.10 Å². The number of methoxy groups -OCH3 is 1. The van der Waals surface area contributed by atoms with Crippen LogP contribution in [0, 0.1) is 0 Å². The SMILES string of the molecule is CCCC(F)[C@H](N[S@+]([O-])C(C)(C)C)c1cccc(-c2cc(OCCOC)c3cnn(-c4cccc(CO[Si](C)(C)C(C)(C)C)n4)c3c2)n1. The second kappa shape index (κ2) is 15.8. The molecule has 3 heterocycles. The number of rotatable bonds is 15. The summed E-state index contributed by atoms with van der Waals surface area (Å²) in [6.07, 6.45) is 1.48. The molecule has 0 spiro atoms. The molecular weight excluding hydrogens is 646 g/mol. The summed E-state index contributed by atoms with van der Waals surface area (Å²) >= 11 is -1.49. The number of halogens is 1. The third kappa shape index (κ3) is 9.22.